The molecule has 0 aliphatic carbocycles. The molecular weight excluding hydrogens is 282 g/mol. The number of anilines is 1. The molecule has 0 aliphatic heterocycles. The number of hydrogen-bond donors (Lipinski definition) is 2. The number of hydrogen-bond acceptors (Lipinski definition) is 3. The molecule has 22 heavy (non-hydrogen) atoms. The highest BCUT2D eigenvalue weighted by atomic mass is 16.5. The van der Waals surface area contributed by atoms with Crippen LogP contribution in [0.5, 0.6) is 5.75 Å². The number of carboxylic acids is 1. The molecule has 2 aromatic rings. The number of carbonyl (C=O) groups is 2. The minimum atomic E-state index is -1.04. The number of carboxylic acid groups (broad SMARTS) is 1. The zero-order valence-corrected chi connectivity index (χ0v) is 12.2. The first-order valence-electron chi connectivity index (χ1n) is 6.94. The SMILES string of the molecule is CCc1ccccc1OCC(=O)Nc1cccc(C(=O)O)c1. The summed E-state index contributed by atoms with van der Waals surface area (Å²) in [6.07, 6.45) is 0.818. The van der Waals surface area contributed by atoms with Crippen LogP contribution in [-0.4, -0.2) is 23.6 Å². The molecule has 0 bridgehead atoms. The van der Waals surface area contributed by atoms with Crippen molar-refractivity contribution in [3.05, 3.63) is 59.7 Å². The zero-order valence-electron chi connectivity index (χ0n) is 12.2. The lowest BCUT2D eigenvalue weighted by molar-refractivity contribution is -0.118. The molecule has 5 nitrogen and oxygen atoms in total. The number of aromatic carboxylic acids is 1. The van der Waals surface area contributed by atoms with Gasteiger partial charge in [0.1, 0.15) is 5.75 Å². The van der Waals surface area contributed by atoms with Gasteiger partial charge in [-0.05, 0) is 36.2 Å². The quantitative estimate of drug-likeness (QED) is 0.860. The second kappa shape index (κ2) is 7.26. The van der Waals surface area contributed by atoms with Crippen LogP contribution in [0.4, 0.5) is 5.69 Å². The van der Waals surface area contributed by atoms with Crippen molar-refractivity contribution < 1.29 is 19.4 Å². The fraction of sp³-hybridized carbons (Fsp3) is 0.176. The number of carbonyl (C=O) groups excluding carboxylic acids is 1. The van der Waals surface area contributed by atoms with E-state index in [0.717, 1.165) is 12.0 Å². The van der Waals surface area contributed by atoms with Gasteiger partial charge in [-0.25, -0.2) is 4.79 Å². The van der Waals surface area contributed by atoms with E-state index in [1.54, 1.807) is 12.1 Å². The van der Waals surface area contributed by atoms with Crippen molar-refractivity contribution >= 4 is 17.6 Å². The Kier molecular flexibility index (Phi) is 5.14. The molecule has 2 N–H and O–H groups in total. The first-order chi connectivity index (χ1) is 10.6. The van der Waals surface area contributed by atoms with Crippen LogP contribution >= 0.6 is 0 Å². The molecule has 0 saturated heterocycles. The van der Waals surface area contributed by atoms with Crippen molar-refractivity contribution in [3.63, 3.8) is 0 Å². The van der Waals surface area contributed by atoms with Crippen LogP contribution in [0.25, 0.3) is 0 Å². The number of amides is 1. The Labute approximate surface area is 128 Å². The Morgan fingerprint density at radius 2 is 1.91 bits per heavy atom. The summed E-state index contributed by atoms with van der Waals surface area (Å²) < 4.78 is 5.51. The monoisotopic (exact) mass is 299 g/mol. The van der Waals surface area contributed by atoms with E-state index >= 15 is 0 Å². The standard InChI is InChI=1S/C17H17NO4/c1-2-12-6-3-4-9-15(12)22-11-16(19)18-14-8-5-7-13(10-14)17(20)21/h3-10H,2,11H2,1H3,(H,18,19)(H,20,21). The summed E-state index contributed by atoms with van der Waals surface area (Å²) in [5.41, 5.74) is 1.58. The van der Waals surface area contributed by atoms with Crippen LogP contribution in [0.3, 0.4) is 0 Å². The van der Waals surface area contributed by atoms with Crippen LogP contribution in [0, 0.1) is 0 Å². The summed E-state index contributed by atoms with van der Waals surface area (Å²) in [7, 11) is 0. The number of rotatable bonds is 6. The van der Waals surface area contributed by atoms with E-state index in [0.29, 0.717) is 11.4 Å². The van der Waals surface area contributed by atoms with Crippen molar-refractivity contribution in [1.82, 2.24) is 0 Å². The minimum Gasteiger partial charge on any atom is -0.483 e. The summed E-state index contributed by atoms with van der Waals surface area (Å²) in [6, 6.07) is 13.6. The second-order valence-electron chi connectivity index (χ2n) is 4.68. The highest BCUT2D eigenvalue weighted by Gasteiger charge is 2.08. The molecule has 0 heterocycles. The molecule has 0 unspecified atom stereocenters. The number of para-hydroxylation sites is 1. The molecule has 1 amide bonds. The molecule has 2 aromatic carbocycles. The van der Waals surface area contributed by atoms with Gasteiger partial charge in [0.25, 0.3) is 5.91 Å². The van der Waals surface area contributed by atoms with Gasteiger partial charge in [0.15, 0.2) is 6.61 Å². The molecule has 2 rings (SSSR count). The Balaban J connectivity index is 1.96. The first kappa shape index (κ1) is 15.6. The van der Waals surface area contributed by atoms with Crippen LogP contribution in [0.1, 0.15) is 22.8 Å². The number of nitrogens with one attached hydrogen (secondary N) is 1. The van der Waals surface area contributed by atoms with E-state index in [2.05, 4.69) is 5.32 Å². The van der Waals surface area contributed by atoms with Crippen LogP contribution in [0.15, 0.2) is 48.5 Å². The van der Waals surface area contributed by atoms with Crippen molar-refractivity contribution in [2.24, 2.45) is 0 Å². The molecular formula is C17H17NO4. The van der Waals surface area contributed by atoms with Gasteiger partial charge in [-0.3, -0.25) is 4.79 Å². The summed E-state index contributed by atoms with van der Waals surface area (Å²) in [4.78, 5) is 22.8. The average molecular weight is 299 g/mol. The highest BCUT2D eigenvalue weighted by molar-refractivity contribution is 5.94. The van der Waals surface area contributed by atoms with Gasteiger partial charge in [-0.15, -0.1) is 0 Å². The molecule has 114 valence electrons. The van der Waals surface area contributed by atoms with E-state index in [9.17, 15) is 9.59 Å². The highest BCUT2D eigenvalue weighted by Crippen LogP contribution is 2.18. The molecule has 0 aromatic heterocycles. The van der Waals surface area contributed by atoms with E-state index in [1.165, 1.54) is 12.1 Å². The maximum atomic E-state index is 11.9. The number of benzene rings is 2. The third-order valence-corrected chi connectivity index (χ3v) is 3.11. The van der Waals surface area contributed by atoms with Gasteiger partial charge in [0.05, 0.1) is 5.56 Å². The smallest absolute Gasteiger partial charge is 0.335 e. The molecule has 0 aliphatic rings. The van der Waals surface area contributed by atoms with E-state index in [-0.39, 0.29) is 18.1 Å². The van der Waals surface area contributed by atoms with Gasteiger partial charge in [-0.2, -0.15) is 0 Å². The lowest BCUT2D eigenvalue weighted by atomic mass is 10.1. The topological polar surface area (TPSA) is 75.6 Å². The summed E-state index contributed by atoms with van der Waals surface area (Å²) in [5, 5.41) is 11.5. The third-order valence-electron chi connectivity index (χ3n) is 3.11. The van der Waals surface area contributed by atoms with Crippen molar-refractivity contribution in [2.75, 3.05) is 11.9 Å². The molecule has 0 spiro atoms. The lowest BCUT2D eigenvalue weighted by Gasteiger charge is -2.10. The molecule has 0 atom stereocenters. The fourth-order valence-corrected chi connectivity index (χ4v) is 2.01. The van der Waals surface area contributed by atoms with Crippen LogP contribution in [0.2, 0.25) is 0 Å². The van der Waals surface area contributed by atoms with Crippen molar-refractivity contribution in [2.45, 2.75) is 13.3 Å². The summed E-state index contributed by atoms with van der Waals surface area (Å²) in [6.45, 7) is 1.88. The molecule has 0 fully saturated rings. The van der Waals surface area contributed by atoms with Crippen molar-refractivity contribution in [3.8, 4) is 5.75 Å². The zero-order chi connectivity index (χ0) is 15.9. The second-order valence-corrected chi connectivity index (χ2v) is 4.68. The fourth-order valence-electron chi connectivity index (χ4n) is 2.01. The Bertz CT molecular complexity index is 682. The predicted molar refractivity (Wildman–Crippen MR) is 83.3 cm³/mol. The van der Waals surface area contributed by atoms with E-state index < -0.39 is 5.97 Å². The normalized spacial score (nSPS) is 10.0. The summed E-state index contributed by atoms with van der Waals surface area (Å²) in [5.74, 6) is -0.697. The summed E-state index contributed by atoms with van der Waals surface area (Å²) >= 11 is 0. The number of aryl methyl sites for hydroxylation is 1. The minimum absolute atomic E-state index is 0.120. The van der Waals surface area contributed by atoms with Gasteiger partial charge in [0.2, 0.25) is 0 Å². The maximum Gasteiger partial charge on any atom is 0.335 e. The molecule has 0 radical (unpaired) electrons. The Hall–Kier alpha value is -2.82. The van der Waals surface area contributed by atoms with E-state index in [1.807, 2.05) is 31.2 Å². The van der Waals surface area contributed by atoms with Crippen LogP contribution < -0.4 is 10.1 Å². The molecule has 0 saturated carbocycles. The maximum absolute atomic E-state index is 11.9. The Morgan fingerprint density at radius 1 is 1.14 bits per heavy atom. The van der Waals surface area contributed by atoms with Crippen LogP contribution in [-0.2, 0) is 11.2 Å². The van der Waals surface area contributed by atoms with Gasteiger partial charge in [0, 0.05) is 5.69 Å². The third kappa shape index (κ3) is 4.09. The molecule has 5 heteroatoms. The number of ether oxygens (including phenoxy) is 1. The van der Waals surface area contributed by atoms with Gasteiger partial charge in [-0.1, -0.05) is 31.2 Å². The van der Waals surface area contributed by atoms with Gasteiger partial charge >= 0.3 is 5.97 Å². The van der Waals surface area contributed by atoms with Crippen molar-refractivity contribution in [1.29, 1.82) is 0 Å². The van der Waals surface area contributed by atoms with E-state index in [4.69, 9.17) is 9.84 Å². The first-order valence-corrected chi connectivity index (χ1v) is 6.94. The predicted octanol–water partition coefficient (Wildman–Crippen LogP) is 2.96. The average Bonchev–Trinajstić information content (AvgIpc) is 2.53. The van der Waals surface area contributed by atoms with Gasteiger partial charge < -0.3 is 15.2 Å². The lowest BCUT2D eigenvalue weighted by Crippen LogP contribution is -2.20. The largest absolute Gasteiger partial charge is 0.483 e. The Morgan fingerprint density at radius 3 is 2.64 bits per heavy atom.